The summed E-state index contributed by atoms with van der Waals surface area (Å²) in [5.74, 6) is -1.60. The fourth-order valence-electron chi connectivity index (χ4n) is 4.45. The van der Waals surface area contributed by atoms with E-state index >= 15 is 0 Å². The molecule has 178 valence electrons. The largest absolute Gasteiger partial charge is 0.481 e. The van der Waals surface area contributed by atoms with Crippen molar-refractivity contribution in [2.45, 2.75) is 58.8 Å². The number of likely N-dealkylation sites (tertiary alicyclic amines) is 1. The van der Waals surface area contributed by atoms with Crippen LogP contribution in [0.2, 0.25) is 0 Å². The molecule has 2 aromatic rings. The molecule has 0 spiro atoms. The summed E-state index contributed by atoms with van der Waals surface area (Å²) < 4.78 is 17.2. The molecule has 1 saturated heterocycles. The van der Waals surface area contributed by atoms with Gasteiger partial charge in [-0.3, -0.25) is 14.5 Å². The summed E-state index contributed by atoms with van der Waals surface area (Å²) in [6.07, 6.45) is -0.705. The maximum atomic E-state index is 13.3. The van der Waals surface area contributed by atoms with Crippen molar-refractivity contribution in [2.75, 3.05) is 13.2 Å². The van der Waals surface area contributed by atoms with Crippen LogP contribution in [0.1, 0.15) is 38.3 Å². The third kappa shape index (κ3) is 6.41. The topological polar surface area (TPSA) is 85.3 Å². The molecule has 0 aromatic heterocycles. The Hall–Kier alpha value is -2.74. The van der Waals surface area contributed by atoms with E-state index in [-0.39, 0.29) is 13.0 Å². The molecule has 0 aliphatic carbocycles. The summed E-state index contributed by atoms with van der Waals surface area (Å²) in [7, 11) is 0. The molecule has 1 aliphatic heterocycles. The van der Waals surface area contributed by atoms with Crippen LogP contribution in [0.4, 0.5) is 0 Å². The first kappa shape index (κ1) is 24.9. The highest BCUT2D eigenvalue weighted by Gasteiger charge is 2.54. The predicted octanol–water partition coefficient (Wildman–Crippen LogP) is 3.86. The summed E-state index contributed by atoms with van der Waals surface area (Å²) in [5.41, 5.74) is 0.432. The Morgan fingerprint density at radius 2 is 1.70 bits per heavy atom. The van der Waals surface area contributed by atoms with Crippen LogP contribution in [-0.2, 0) is 37.0 Å². The van der Waals surface area contributed by atoms with Gasteiger partial charge in [0.2, 0.25) is 0 Å². The third-order valence-electron chi connectivity index (χ3n) is 6.01. The van der Waals surface area contributed by atoms with Crippen LogP contribution >= 0.6 is 0 Å². The molecular weight excluding hydrogens is 422 g/mol. The monoisotopic (exact) mass is 455 g/mol. The van der Waals surface area contributed by atoms with Gasteiger partial charge in [0, 0.05) is 19.7 Å². The lowest BCUT2D eigenvalue weighted by Crippen LogP contribution is -2.62. The SMILES string of the molecule is CCOC(C)O[C@@H]1CN(Cc2ccccc2)[C@H](C(=O)OCc2ccccc2)[C@@](C)(C(=O)O)C1. The smallest absolute Gasteiger partial charge is 0.324 e. The first-order chi connectivity index (χ1) is 15.8. The second kappa shape index (κ2) is 11.4. The van der Waals surface area contributed by atoms with E-state index in [1.807, 2.05) is 72.5 Å². The molecule has 0 bridgehead atoms. The molecule has 0 saturated carbocycles. The van der Waals surface area contributed by atoms with Crippen molar-refractivity contribution in [1.82, 2.24) is 4.90 Å². The normalized spacial score (nSPS) is 24.2. The van der Waals surface area contributed by atoms with Crippen LogP contribution in [-0.4, -0.2) is 53.5 Å². The number of hydrogen-bond donors (Lipinski definition) is 1. The number of ether oxygens (including phenoxy) is 3. The van der Waals surface area contributed by atoms with Crippen molar-refractivity contribution in [1.29, 1.82) is 0 Å². The van der Waals surface area contributed by atoms with E-state index in [9.17, 15) is 14.7 Å². The highest BCUT2D eigenvalue weighted by atomic mass is 16.7. The van der Waals surface area contributed by atoms with E-state index in [2.05, 4.69) is 0 Å². The quantitative estimate of drug-likeness (QED) is 0.430. The third-order valence-corrected chi connectivity index (χ3v) is 6.01. The Balaban J connectivity index is 1.87. The number of esters is 1. The minimum atomic E-state index is -1.39. The number of aliphatic carboxylic acids is 1. The second-order valence-electron chi connectivity index (χ2n) is 8.62. The molecule has 2 aromatic carbocycles. The maximum Gasteiger partial charge on any atom is 0.324 e. The van der Waals surface area contributed by atoms with Crippen LogP contribution < -0.4 is 0 Å². The molecule has 1 unspecified atom stereocenters. The number of benzene rings is 2. The summed E-state index contributed by atoms with van der Waals surface area (Å²) in [6, 6.07) is 18.1. The molecule has 4 atom stereocenters. The van der Waals surface area contributed by atoms with Crippen molar-refractivity contribution in [2.24, 2.45) is 5.41 Å². The lowest BCUT2D eigenvalue weighted by molar-refractivity contribution is -0.203. The van der Waals surface area contributed by atoms with E-state index in [0.717, 1.165) is 11.1 Å². The van der Waals surface area contributed by atoms with Gasteiger partial charge < -0.3 is 19.3 Å². The molecule has 1 heterocycles. The van der Waals surface area contributed by atoms with Crippen LogP contribution in [0, 0.1) is 5.41 Å². The van der Waals surface area contributed by atoms with E-state index in [4.69, 9.17) is 14.2 Å². The number of hydrogen-bond acceptors (Lipinski definition) is 6. The molecule has 1 N–H and O–H groups in total. The lowest BCUT2D eigenvalue weighted by atomic mass is 9.73. The number of carboxylic acids is 1. The van der Waals surface area contributed by atoms with E-state index in [1.165, 1.54) is 0 Å². The standard InChI is InChI=1S/C26H33NO6/c1-4-31-19(2)33-22-15-26(3,25(29)30)23(24(28)32-18-21-13-9-6-10-14-21)27(17-22)16-20-11-7-5-8-12-20/h5-14,19,22-23H,4,15-18H2,1-3H3,(H,29,30)/t19?,22-,23+,26-/m0/s1. The molecule has 0 radical (unpaired) electrons. The number of rotatable bonds is 10. The van der Waals surface area contributed by atoms with Crippen molar-refractivity contribution in [3.8, 4) is 0 Å². The zero-order chi connectivity index (χ0) is 23.8. The minimum Gasteiger partial charge on any atom is -0.481 e. The van der Waals surface area contributed by atoms with Crippen molar-refractivity contribution >= 4 is 11.9 Å². The molecular formula is C26H33NO6. The van der Waals surface area contributed by atoms with Gasteiger partial charge in [-0.05, 0) is 38.3 Å². The molecule has 0 amide bonds. The van der Waals surface area contributed by atoms with Gasteiger partial charge >= 0.3 is 11.9 Å². The average molecular weight is 456 g/mol. The van der Waals surface area contributed by atoms with E-state index in [0.29, 0.717) is 19.7 Å². The Morgan fingerprint density at radius 1 is 1.09 bits per heavy atom. The van der Waals surface area contributed by atoms with Crippen LogP contribution in [0.25, 0.3) is 0 Å². The zero-order valence-corrected chi connectivity index (χ0v) is 19.5. The first-order valence-corrected chi connectivity index (χ1v) is 11.3. The summed E-state index contributed by atoms with van der Waals surface area (Å²) in [5, 5.41) is 10.2. The van der Waals surface area contributed by atoms with Crippen molar-refractivity contribution in [3.63, 3.8) is 0 Å². The van der Waals surface area contributed by atoms with Gasteiger partial charge in [0.25, 0.3) is 0 Å². The Labute approximate surface area is 195 Å². The van der Waals surface area contributed by atoms with Gasteiger partial charge in [0.1, 0.15) is 12.6 Å². The fourth-order valence-corrected chi connectivity index (χ4v) is 4.45. The average Bonchev–Trinajstić information content (AvgIpc) is 2.79. The second-order valence-corrected chi connectivity index (χ2v) is 8.62. The molecule has 7 nitrogen and oxygen atoms in total. The maximum absolute atomic E-state index is 13.3. The molecule has 1 fully saturated rings. The highest BCUT2D eigenvalue weighted by molar-refractivity contribution is 5.87. The Kier molecular flexibility index (Phi) is 8.61. The van der Waals surface area contributed by atoms with E-state index in [1.54, 1.807) is 13.8 Å². The minimum absolute atomic E-state index is 0.0896. The lowest BCUT2D eigenvalue weighted by Gasteiger charge is -2.47. The van der Waals surface area contributed by atoms with Crippen LogP contribution in [0.3, 0.4) is 0 Å². The number of carbonyl (C=O) groups is 2. The van der Waals surface area contributed by atoms with Crippen LogP contribution in [0.15, 0.2) is 60.7 Å². The number of carboxylic acid groups (broad SMARTS) is 1. The summed E-state index contributed by atoms with van der Waals surface area (Å²) in [6.45, 7) is 6.64. The van der Waals surface area contributed by atoms with Gasteiger partial charge in [-0.1, -0.05) is 60.7 Å². The predicted molar refractivity (Wildman–Crippen MR) is 123 cm³/mol. The number of carbonyl (C=O) groups excluding carboxylic acids is 1. The number of nitrogens with zero attached hydrogens (tertiary/aromatic N) is 1. The molecule has 33 heavy (non-hydrogen) atoms. The fraction of sp³-hybridized carbons (Fsp3) is 0.462. The van der Waals surface area contributed by atoms with Crippen molar-refractivity contribution < 1.29 is 28.9 Å². The van der Waals surface area contributed by atoms with Crippen molar-refractivity contribution in [3.05, 3.63) is 71.8 Å². The van der Waals surface area contributed by atoms with Gasteiger partial charge in [-0.25, -0.2) is 0 Å². The van der Waals surface area contributed by atoms with Gasteiger partial charge in [-0.2, -0.15) is 0 Å². The Bertz CT molecular complexity index is 906. The molecule has 1 aliphatic rings. The molecule has 7 heteroatoms. The van der Waals surface area contributed by atoms with E-state index < -0.39 is 35.8 Å². The molecule has 3 rings (SSSR count). The first-order valence-electron chi connectivity index (χ1n) is 11.3. The Morgan fingerprint density at radius 3 is 2.27 bits per heavy atom. The van der Waals surface area contributed by atoms with Crippen LogP contribution in [0.5, 0.6) is 0 Å². The van der Waals surface area contributed by atoms with Gasteiger partial charge in [0.05, 0.1) is 11.5 Å². The highest BCUT2D eigenvalue weighted by Crippen LogP contribution is 2.39. The van der Waals surface area contributed by atoms with Gasteiger partial charge in [0.15, 0.2) is 6.29 Å². The number of piperidine rings is 1. The zero-order valence-electron chi connectivity index (χ0n) is 19.5. The van der Waals surface area contributed by atoms with Gasteiger partial charge in [-0.15, -0.1) is 0 Å². The summed E-state index contributed by atoms with van der Waals surface area (Å²) in [4.78, 5) is 27.7. The summed E-state index contributed by atoms with van der Waals surface area (Å²) >= 11 is 0.